The Labute approximate surface area is 97.3 Å². The second-order valence-electron chi connectivity index (χ2n) is 4.69. The molecule has 1 unspecified atom stereocenters. The molecule has 2 fully saturated rings. The van der Waals surface area contributed by atoms with E-state index in [1.54, 1.807) is 0 Å². The molecule has 0 saturated carbocycles. The van der Waals surface area contributed by atoms with Crippen LogP contribution in [0.5, 0.6) is 0 Å². The Balaban J connectivity index is 1.99. The number of cyclic esters (lactones) is 1. The summed E-state index contributed by atoms with van der Waals surface area (Å²) in [5, 5.41) is 3.37. The topological polar surface area (TPSA) is 41.6 Å². The molecule has 2 saturated heterocycles. The average Bonchev–Trinajstić information content (AvgIpc) is 2.73. The number of hydrogen-bond acceptors (Lipinski definition) is 4. The normalized spacial score (nSPS) is 27.4. The van der Waals surface area contributed by atoms with Gasteiger partial charge in [-0.3, -0.25) is 9.69 Å². The fraction of sp³-hybridized carbons (Fsp3) is 0.917. The first-order chi connectivity index (χ1) is 7.83. The van der Waals surface area contributed by atoms with Gasteiger partial charge in [-0.1, -0.05) is 6.92 Å². The number of piperidine rings is 1. The van der Waals surface area contributed by atoms with E-state index in [2.05, 4.69) is 17.1 Å². The maximum absolute atomic E-state index is 11.7. The first-order valence-corrected chi connectivity index (χ1v) is 6.46. The summed E-state index contributed by atoms with van der Waals surface area (Å²) in [6.45, 7) is 5.95. The number of rotatable bonds is 4. The summed E-state index contributed by atoms with van der Waals surface area (Å²) < 4.78 is 5.09. The SMILES string of the molecule is CCCN(C1CCNCC1)C1CCOC1=O. The molecule has 4 heteroatoms. The van der Waals surface area contributed by atoms with Crippen molar-refractivity contribution in [1.29, 1.82) is 0 Å². The highest BCUT2D eigenvalue weighted by atomic mass is 16.5. The van der Waals surface area contributed by atoms with Crippen molar-refractivity contribution in [2.45, 2.75) is 44.7 Å². The monoisotopic (exact) mass is 226 g/mol. The van der Waals surface area contributed by atoms with Crippen molar-refractivity contribution < 1.29 is 9.53 Å². The van der Waals surface area contributed by atoms with Crippen LogP contribution < -0.4 is 5.32 Å². The molecular formula is C12H22N2O2. The summed E-state index contributed by atoms with van der Waals surface area (Å²) in [6.07, 6.45) is 4.30. The summed E-state index contributed by atoms with van der Waals surface area (Å²) >= 11 is 0. The van der Waals surface area contributed by atoms with E-state index >= 15 is 0 Å². The van der Waals surface area contributed by atoms with Crippen LogP contribution in [0.25, 0.3) is 0 Å². The molecule has 0 spiro atoms. The Kier molecular flexibility index (Phi) is 4.18. The van der Waals surface area contributed by atoms with E-state index in [1.807, 2.05) is 0 Å². The van der Waals surface area contributed by atoms with E-state index in [0.717, 1.165) is 45.3 Å². The number of carbonyl (C=O) groups is 1. The molecule has 0 aromatic rings. The summed E-state index contributed by atoms with van der Waals surface area (Å²) in [4.78, 5) is 14.0. The quantitative estimate of drug-likeness (QED) is 0.719. The fourth-order valence-electron chi connectivity index (χ4n) is 2.78. The molecule has 2 aliphatic rings. The Hall–Kier alpha value is -0.610. The van der Waals surface area contributed by atoms with Gasteiger partial charge < -0.3 is 10.1 Å². The second kappa shape index (κ2) is 5.64. The van der Waals surface area contributed by atoms with Gasteiger partial charge in [0, 0.05) is 12.5 Å². The fourth-order valence-corrected chi connectivity index (χ4v) is 2.78. The van der Waals surface area contributed by atoms with Crippen LogP contribution in [0, 0.1) is 0 Å². The minimum atomic E-state index is -0.00742. The van der Waals surface area contributed by atoms with E-state index in [0.29, 0.717) is 12.6 Å². The number of esters is 1. The Bertz CT molecular complexity index is 239. The van der Waals surface area contributed by atoms with Crippen molar-refractivity contribution in [3.63, 3.8) is 0 Å². The highest BCUT2D eigenvalue weighted by Crippen LogP contribution is 2.21. The van der Waals surface area contributed by atoms with Gasteiger partial charge in [0.05, 0.1) is 6.61 Å². The molecule has 0 bridgehead atoms. The van der Waals surface area contributed by atoms with Crippen molar-refractivity contribution in [2.24, 2.45) is 0 Å². The number of hydrogen-bond donors (Lipinski definition) is 1. The molecular weight excluding hydrogens is 204 g/mol. The van der Waals surface area contributed by atoms with Crippen LogP contribution in [0.15, 0.2) is 0 Å². The minimum absolute atomic E-state index is 0.00742. The van der Waals surface area contributed by atoms with Crippen LogP contribution in [0.1, 0.15) is 32.6 Å². The molecule has 2 aliphatic heterocycles. The molecule has 0 aromatic carbocycles. The predicted octanol–water partition coefficient (Wildman–Crippen LogP) is 0.766. The highest BCUT2D eigenvalue weighted by molar-refractivity contribution is 5.77. The average molecular weight is 226 g/mol. The van der Waals surface area contributed by atoms with Crippen LogP contribution in [0.4, 0.5) is 0 Å². The summed E-state index contributed by atoms with van der Waals surface area (Å²) in [5.74, 6) is -0.00742. The third kappa shape index (κ3) is 2.55. The first kappa shape index (κ1) is 11.9. The highest BCUT2D eigenvalue weighted by Gasteiger charge is 2.35. The first-order valence-electron chi connectivity index (χ1n) is 6.46. The van der Waals surface area contributed by atoms with Crippen molar-refractivity contribution in [3.8, 4) is 0 Å². The Morgan fingerprint density at radius 1 is 1.38 bits per heavy atom. The van der Waals surface area contributed by atoms with Gasteiger partial charge in [-0.2, -0.15) is 0 Å². The van der Waals surface area contributed by atoms with Gasteiger partial charge in [0.25, 0.3) is 0 Å². The van der Waals surface area contributed by atoms with Gasteiger partial charge in [-0.25, -0.2) is 0 Å². The van der Waals surface area contributed by atoms with E-state index in [4.69, 9.17) is 4.74 Å². The second-order valence-corrected chi connectivity index (χ2v) is 4.69. The molecule has 4 nitrogen and oxygen atoms in total. The Morgan fingerprint density at radius 3 is 2.69 bits per heavy atom. The van der Waals surface area contributed by atoms with Gasteiger partial charge in [0.15, 0.2) is 0 Å². The molecule has 1 atom stereocenters. The van der Waals surface area contributed by atoms with E-state index < -0.39 is 0 Å². The lowest BCUT2D eigenvalue weighted by Gasteiger charge is -2.36. The summed E-state index contributed by atoms with van der Waals surface area (Å²) in [5.41, 5.74) is 0. The molecule has 1 N–H and O–H groups in total. The smallest absolute Gasteiger partial charge is 0.323 e. The Morgan fingerprint density at radius 2 is 2.12 bits per heavy atom. The zero-order chi connectivity index (χ0) is 11.4. The zero-order valence-electron chi connectivity index (χ0n) is 10.1. The van der Waals surface area contributed by atoms with Gasteiger partial charge in [0.1, 0.15) is 6.04 Å². The molecule has 16 heavy (non-hydrogen) atoms. The van der Waals surface area contributed by atoms with Crippen LogP contribution >= 0.6 is 0 Å². The number of carbonyl (C=O) groups excluding carboxylic acids is 1. The predicted molar refractivity (Wildman–Crippen MR) is 62.3 cm³/mol. The van der Waals surface area contributed by atoms with Crippen LogP contribution in [0.3, 0.4) is 0 Å². The van der Waals surface area contributed by atoms with E-state index in [-0.39, 0.29) is 12.0 Å². The van der Waals surface area contributed by atoms with Crippen molar-refractivity contribution >= 4 is 5.97 Å². The molecule has 92 valence electrons. The summed E-state index contributed by atoms with van der Waals surface area (Å²) in [7, 11) is 0. The number of ether oxygens (including phenoxy) is 1. The molecule has 2 rings (SSSR count). The van der Waals surface area contributed by atoms with Gasteiger partial charge in [0.2, 0.25) is 0 Å². The third-order valence-electron chi connectivity index (χ3n) is 3.57. The summed E-state index contributed by atoms with van der Waals surface area (Å²) in [6, 6.07) is 0.597. The van der Waals surface area contributed by atoms with Crippen molar-refractivity contribution in [1.82, 2.24) is 10.2 Å². The molecule has 0 aromatic heterocycles. The largest absolute Gasteiger partial charge is 0.464 e. The lowest BCUT2D eigenvalue weighted by atomic mass is 10.0. The lowest BCUT2D eigenvalue weighted by Crippen LogP contribution is -2.50. The zero-order valence-corrected chi connectivity index (χ0v) is 10.1. The maximum atomic E-state index is 11.7. The van der Waals surface area contributed by atoms with Crippen molar-refractivity contribution in [3.05, 3.63) is 0 Å². The third-order valence-corrected chi connectivity index (χ3v) is 3.57. The standard InChI is InChI=1S/C12H22N2O2/c1-2-8-14(10-3-6-13-7-4-10)11-5-9-16-12(11)15/h10-11,13H,2-9H2,1H3. The molecule has 0 radical (unpaired) electrons. The van der Waals surface area contributed by atoms with Crippen LogP contribution in [-0.4, -0.2) is 49.2 Å². The van der Waals surface area contributed by atoms with Crippen LogP contribution in [0.2, 0.25) is 0 Å². The number of nitrogens with zero attached hydrogens (tertiary/aromatic N) is 1. The van der Waals surface area contributed by atoms with Crippen LogP contribution in [-0.2, 0) is 9.53 Å². The molecule has 0 amide bonds. The minimum Gasteiger partial charge on any atom is -0.464 e. The van der Waals surface area contributed by atoms with E-state index in [9.17, 15) is 4.79 Å². The van der Waals surface area contributed by atoms with Gasteiger partial charge in [-0.05, 0) is 38.9 Å². The van der Waals surface area contributed by atoms with Crippen molar-refractivity contribution in [2.75, 3.05) is 26.2 Å². The van der Waals surface area contributed by atoms with E-state index in [1.165, 1.54) is 0 Å². The van der Waals surface area contributed by atoms with Gasteiger partial charge in [-0.15, -0.1) is 0 Å². The molecule has 2 heterocycles. The number of nitrogens with one attached hydrogen (secondary N) is 1. The molecule has 0 aliphatic carbocycles. The lowest BCUT2D eigenvalue weighted by molar-refractivity contribution is -0.143. The van der Waals surface area contributed by atoms with Gasteiger partial charge >= 0.3 is 5.97 Å². The maximum Gasteiger partial charge on any atom is 0.323 e.